The van der Waals surface area contributed by atoms with Crippen LogP contribution in [0.3, 0.4) is 0 Å². The van der Waals surface area contributed by atoms with Crippen LogP contribution in [0, 0.1) is 7.43 Å². The average Bonchev–Trinajstić information content (AvgIpc) is 1.98. The van der Waals surface area contributed by atoms with Crippen molar-refractivity contribution in [3.63, 3.8) is 0 Å². The van der Waals surface area contributed by atoms with Gasteiger partial charge in [-0.1, -0.05) is 6.92 Å². The molecule has 0 bridgehead atoms. The fraction of sp³-hybridized carbons (Fsp3) is 0.875. The molecule has 0 aliphatic rings. The fourth-order valence-corrected chi connectivity index (χ4v) is 1.08. The molecule has 0 spiro atoms. The van der Waals surface area contributed by atoms with Gasteiger partial charge in [0.15, 0.2) is 0 Å². The molecule has 2 nitrogen and oxygen atoms in total. The molecule has 0 amide bonds. The SMILES string of the molecule is CCN(C)N(C)CCSC.[CH3-].[Rb+]. The van der Waals surface area contributed by atoms with Gasteiger partial charge in [0, 0.05) is 32.9 Å². The minimum absolute atomic E-state index is 0. The molecule has 0 aromatic heterocycles. The Morgan fingerprint density at radius 3 is 2.00 bits per heavy atom. The van der Waals surface area contributed by atoms with E-state index in [1.165, 1.54) is 5.75 Å². The summed E-state index contributed by atoms with van der Waals surface area (Å²) in [6.45, 7) is 4.39. The summed E-state index contributed by atoms with van der Waals surface area (Å²) in [6.07, 6.45) is 2.14. The third-order valence-electron chi connectivity index (χ3n) is 1.66. The second-order valence-electron chi connectivity index (χ2n) is 2.35. The van der Waals surface area contributed by atoms with Crippen molar-refractivity contribution in [1.82, 2.24) is 10.0 Å². The van der Waals surface area contributed by atoms with Crippen LogP contribution >= 0.6 is 11.8 Å². The van der Waals surface area contributed by atoms with Crippen LogP contribution in [0.4, 0.5) is 0 Å². The van der Waals surface area contributed by atoms with Gasteiger partial charge < -0.3 is 7.43 Å². The van der Waals surface area contributed by atoms with Crippen molar-refractivity contribution in [3.8, 4) is 0 Å². The average molecular weight is 263 g/mol. The molecule has 0 saturated carbocycles. The summed E-state index contributed by atoms with van der Waals surface area (Å²) >= 11 is 1.89. The van der Waals surface area contributed by atoms with Crippen molar-refractivity contribution in [2.24, 2.45) is 0 Å². The Labute approximate surface area is 131 Å². The van der Waals surface area contributed by atoms with Crippen LogP contribution in [-0.4, -0.2) is 49.2 Å². The largest absolute Gasteiger partial charge is 1.00 e. The van der Waals surface area contributed by atoms with Crippen LogP contribution < -0.4 is 58.2 Å². The van der Waals surface area contributed by atoms with Crippen molar-refractivity contribution in [3.05, 3.63) is 7.43 Å². The van der Waals surface area contributed by atoms with E-state index in [4.69, 9.17) is 0 Å². The maximum Gasteiger partial charge on any atom is 1.00 e. The quantitative estimate of drug-likeness (QED) is 0.445. The van der Waals surface area contributed by atoms with Gasteiger partial charge in [-0.2, -0.15) is 11.8 Å². The molecular formula is C8H21N2RbS. The number of hydrazine groups is 1. The predicted octanol–water partition coefficient (Wildman–Crippen LogP) is -1.40. The Morgan fingerprint density at radius 2 is 1.67 bits per heavy atom. The first-order valence-electron chi connectivity index (χ1n) is 3.63. The number of hydrogen-bond donors (Lipinski definition) is 0. The summed E-state index contributed by atoms with van der Waals surface area (Å²) in [5, 5.41) is 4.46. The van der Waals surface area contributed by atoms with Crippen molar-refractivity contribution in [2.75, 3.05) is 39.2 Å². The molecular weight excluding hydrogens is 242 g/mol. The van der Waals surface area contributed by atoms with Gasteiger partial charge in [-0.15, -0.1) is 0 Å². The molecule has 0 aromatic rings. The summed E-state index contributed by atoms with van der Waals surface area (Å²) in [5.41, 5.74) is 0. The van der Waals surface area contributed by atoms with E-state index in [0.717, 1.165) is 13.1 Å². The van der Waals surface area contributed by atoms with Gasteiger partial charge in [-0.25, -0.2) is 10.0 Å². The summed E-state index contributed by atoms with van der Waals surface area (Å²) in [6, 6.07) is 0. The predicted molar refractivity (Wildman–Crippen MR) is 55.7 cm³/mol. The molecule has 0 rings (SSSR count). The third kappa shape index (κ3) is 10.2. The Kier molecular flexibility index (Phi) is 21.4. The molecule has 0 saturated heterocycles. The maximum atomic E-state index is 2.25. The minimum Gasteiger partial charge on any atom is -0.358 e. The van der Waals surface area contributed by atoms with E-state index in [-0.39, 0.29) is 65.6 Å². The Morgan fingerprint density at radius 1 is 1.17 bits per heavy atom. The molecule has 0 unspecified atom stereocenters. The van der Waals surface area contributed by atoms with Crippen LogP contribution in [-0.2, 0) is 0 Å². The number of thioether (sulfide) groups is 1. The second-order valence-corrected chi connectivity index (χ2v) is 3.33. The molecule has 0 fully saturated rings. The van der Waals surface area contributed by atoms with Crippen molar-refractivity contribution >= 4 is 11.8 Å². The van der Waals surface area contributed by atoms with E-state index in [0.29, 0.717) is 0 Å². The van der Waals surface area contributed by atoms with Crippen LogP contribution in [0.1, 0.15) is 6.92 Å². The Hall–Kier alpha value is 2.08. The van der Waals surface area contributed by atoms with E-state index < -0.39 is 0 Å². The second kappa shape index (κ2) is 13.1. The maximum absolute atomic E-state index is 2.25. The fourth-order valence-electron chi connectivity index (χ4n) is 0.636. The van der Waals surface area contributed by atoms with Gasteiger partial charge in [-0.3, -0.25) is 0 Å². The molecule has 0 atom stereocenters. The van der Waals surface area contributed by atoms with Gasteiger partial charge in [0.1, 0.15) is 0 Å². The summed E-state index contributed by atoms with van der Waals surface area (Å²) in [7, 11) is 4.24. The Balaban J connectivity index is -0.000000405. The monoisotopic (exact) mass is 262 g/mol. The smallest absolute Gasteiger partial charge is 0.358 e. The first-order valence-corrected chi connectivity index (χ1v) is 5.02. The summed E-state index contributed by atoms with van der Waals surface area (Å²) < 4.78 is 0. The molecule has 0 aliphatic heterocycles. The van der Waals surface area contributed by atoms with E-state index in [9.17, 15) is 0 Å². The van der Waals surface area contributed by atoms with E-state index in [1.807, 2.05) is 11.8 Å². The zero-order chi connectivity index (χ0) is 7.98. The van der Waals surface area contributed by atoms with Crippen molar-refractivity contribution in [2.45, 2.75) is 6.92 Å². The zero-order valence-corrected chi connectivity index (χ0v) is 15.2. The van der Waals surface area contributed by atoms with E-state index >= 15 is 0 Å². The standard InChI is InChI=1S/C7H18N2S.CH3.Rb/c1-5-8(2)9(3)6-7-10-4;;/h5-7H2,1-4H3;1H3;/q;-1;+1. The number of nitrogens with zero attached hydrogens (tertiary/aromatic N) is 2. The van der Waals surface area contributed by atoms with E-state index in [2.05, 4.69) is 37.3 Å². The van der Waals surface area contributed by atoms with Crippen molar-refractivity contribution in [1.29, 1.82) is 0 Å². The van der Waals surface area contributed by atoms with Gasteiger partial charge in [0.05, 0.1) is 0 Å². The van der Waals surface area contributed by atoms with Crippen LogP contribution in [0.5, 0.6) is 0 Å². The summed E-state index contributed by atoms with van der Waals surface area (Å²) in [4.78, 5) is 0. The molecule has 0 heterocycles. The molecule has 12 heavy (non-hydrogen) atoms. The van der Waals surface area contributed by atoms with Gasteiger partial charge in [-0.05, 0) is 6.26 Å². The summed E-state index contributed by atoms with van der Waals surface area (Å²) in [5.74, 6) is 1.21. The van der Waals surface area contributed by atoms with Crippen LogP contribution in [0.25, 0.3) is 0 Å². The zero-order valence-electron chi connectivity index (χ0n) is 9.42. The number of rotatable bonds is 5. The van der Waals surface area contributed by atoms with E-state index in [1.54, 1.807) is 0 Å². The van der Waals surface area contributed by atoms with Crippen molar-refractivity contribution < 1.29 is 58.2 Å². The molecule has 4 heteroatoms. The molecule has 0 radical (unpaired) electrons. The van der Waals surface area contributed by atoms with Gasteiger partial charge >= 0.3 is 58.2 Å². The normalized spacial score (nSPS) is 9.50. The molecule has 70 valence electrons. The third-order valence-corrected chi connectivity index (χ3v) is 2.25. The first kappa shape index (κ1) is 19.6. The van der Waals surface area contributed by atoms with Crippen LogP contribution in [0.2, 0.25) is 0 Å². The Bertz CT molecular complexity index is 83.5. The van der Waals surface area contributed by atoms with Gasteiger partial charge in [0.25, 0.3) is 0 Å². The van der Waals surface area contributed by atoms with Crippen LogP contribution in [0.15, 0.2) is 0 Å². The topological polar surface area (TPSA) is 6.48 Å². The molecule has 0 N–H and O–H groups in total. The molecule has 0 aromatic carbocycles. The van der Waals surface area contributed by atoms with Gasteiger partial charge in [0.2, 0.25) is 0 Å². The minimum atomic E-state index is 0. The number of hydrogen-bond acceptors (Lipinski definition) is 3. The first-order chi connectivity index (χ1) is 4.72. The molecule has 0 aliphatic carbocycles.